The summed E-state index contributed by atoms with van der Waals surface area (Å²) in [5.74, 6) is -1.31. The number of carboxylic acid groups (broad SMARTS) is 1. The molecule has 0 atom stereocenters. The molecule has 0 aliphatic rings. The quantitative estimate of drug-likeness (QED) is 0.515. The topological polar surface area (TPSA) is 107 Å². The molecule has 0 aromatic heterocycles. The number of hydrogen-bond donors (Lipinski definition) is 4. The summed E-state index contributed by atoms with van der Waals surface area (Å²) in [5.41, 5.74) is 6.39. The number of carbonyl (C=O) groups is 1. The standard InChI is InChI=1S/C14H11ClN2O3/c15-11-6-12(16)10(13(17)14(19)20)5-9(11)7-2-1-3-8(18)4-7/h1-6,17-18H,16H2,(H,19,20). The second-order valence-electron chi connectivity index (χ2n) is 4.15. The Hall–Kier alpha value is -2.53. The van der Waals surface area contributed by atoms with Gasteiger partial charge in [-0.2, -0.15) is 0 Å². The molecule has 0 bridgehead atoms. The average Bonchev–Trinajstić information content (AvgIpc) is 2.38. The predicted octanol–water partition coefficient (Wildman–Crippen LogP) is 2.75. The van der Waals surface area contributed by atoms with Crippen LogP contribution < -0.4 is 5.73 Å². The normalized spacial score (nSPS) is 10.2. The molecular formula is C14H11ClN2O3. The van der Waals surface area contributed by atoms with E-state index in [-0.39, 0.29) is 17.0 Å². The van der Waals surface area contributed by atoms with Crippen LogP contribution in [0.15, 0.2) is 36.4 Å². The van der Waals surface area contributed by atoms with Crippen LogP contribution in [0.5, 0.6) is 5.75 Å². The first kappa shape index (κ1) is 13.9. The lowest BCUT2D eigenvalue weighted by molar-refractivity contribution is -0.129. The highest BCUT2D eigenvalue weighted by Gasteiger charge is 2.16. The van der Waals surface area contributed by atoms with E-state index in [9.17, 15) is 9.90 Å². The minimum Gasteiger partial charge on any atom is -0.508 e. The van der Waals surface area contributed by atoms with E-state index in [0.29, 0.717) is 16.1 Å². The molecule has 0 fully saturated rings. The monoisotopic (exact) mass is 290 g/mol. The van der Waals surface area contributed by atoms with Gasteiger partial charge in [0.1, 0.15) is 11.5 Å². The third-order valence-corrected chi connectivity index (χ3v) is 3.09. The lowest BCUT2D eigenvalue weighted by Gasteiger charge is -2.10. The maximum atomic E-state index is 10.9. The first-order valence-electron chi connectivity index (χ1n) is 5.61. The number of rotatable bonds is 3. The van der Waals surface area contributed by atoms with Gasteiger partial charge in [0, 0.05) is 16.8 Å². The number of aromatic hydroxyl groups is 1. The third kappa shape index (κ3) is 2.57. The zero-order chi connectivity index (χ0) is 14.9. The lowest BCUT2D eigenvalue weighted by atomic mass is 9.99. The molecule has 2 rings (SSSR count). The van der Waals surface area contributed by atoms with Crippen molar-refractivity contribution in [3.63, 3.8) is 0 Å². The Morgan fingerprint density at radius 1 is 1.25 bits per heavy atom. The Morgan fingerprint density at radius 3 is 2.55 bits per heavy atom. The number of nitrogen functional groups attached to an aromatic ring is 1. The Balaban J connectivity index is 2.63. The molecule has 0 saturated heterocycles. The van der Waals surface area contributed by atoms with E-state index in [1.54, 1.807) is 12.1 Å². The van der Waals surface area contributed by atoms with Gasteiger partial charge in [-0.15, -0.1) is 0 Å². The number of halogens is 1. The number of anilines is 1. The summed E-state index contributed by atoms with van der Waals surface area (Å²) in [7, 11) is 0. The number of hydrogen-bond acceptors (Lipinski definition) is 4. The van der Waals surface area contributed by atoms with Gasteiger partial charge in [-0.3, -0.25) is 5.41 Å². The SMILES string of the molecule is N=C(C(=O)O)c1cc(-c2cccc(O)c2)c(Cl)cc1N. The molecular weight excluding hydrogens is 280 g/mol. The van der Waals surface area contributed by atoms with Crippen LogP contribution in [0, 0.1) is 5.41 Å². The smallest absolute Gasteiger partial charge is 0.354 e. The van der Waals surface area contributed by atoms with Crippen LogP contribution in [0.25, 0.3) is 11.1 Å². The fourth-order valence-corrected chi connectivity index (χ4v) is 2.10. The van der Waals surface area contributed by atoms with E-state index < -0.39 is 11.7 Å². The van der Waals surface area contributed by atoms with Gasteiger partial charge in [0.15, 0.2) is 0 Å². The van der Waals surface area contributed by atoms with E-state index in [2.05, 4.69) is 0 Å². The third-order valence-electron chi connectivity index (χ3n) is 2.78. The van der Waals surface area contributed by atoms with Gasteiger partial charge in [0.05, 0.1) is 5.02 Å². The molecule has 102 valence electrons. The van der Waals surface area contributed by atoms with Crippen LogP contribution in [0.3, 0.4) is 0 Å². The van der Waals surface area contributed by atoms with Crippen LogP contribution in [-0.4, -0.2) is 21.9 Å². The van der Waals surface area contributed by atoms with Gasteiger partial charge in [0.2, 0.25) is 0 Å². The Morgan fingerprint density at radius 2 is 1.95 bits per heavy atom. The van der Waals surface area contributed by atoms with Crippen LogP contribution >= 0.6 is 11.6 Å². The lowest BCUT2D eigenvalue weighted by Crippen LogP contribution is -2.15. The Kier molecular flexibility index (Phi) is 3.63. The molecule has 5 nitrogen and oxygen atoms in total. The van der Waals surface area contributed by atoms with Crippen molar-refractivity contribution in [2.24, 2.45) is 0 Å². The van der Waals surface area contributed by atoms with E-state index in [1.807, 2.05) is 0 Å². The number of phenols is 1. The van der Waals surface area contributed by atoms with E-state index >= 15 is 0 Å². The molecule has 0 radical (unpaired) electrons. The van der Waals surface area contributed by atoms with Crippen molar-refractivity contribution in [1.82, 2.24) is 0 Å². The molecule has 0 heterocycles. The first-order valence-corrected chi connectivity index (χ1v) is 5.98. The second kappa shape index (κ2) is 5.22. The number of phenolic OH excluding ortho intramolecular Hbond substituents is 1. The number of nitrogens with one attached hydrogen (secondary N) is 1. The fraction of sp³-hybridized carbons (Fsp3) is 0. The average molecular weight is 291 g/mol. The number of nitrogens with two attached hydrogens (primary N) is 1. The first-order chi connectivity index (χ1) is 9.40. The highest BCUT2D eigenvalue weighted by atomic mass is 35.5. The van der Waals surface area contributed by atoms with Gasteiger partial charge in [-0.05, 0) is 29.8 Å². The second-order valence-corrected chi connectivity index (χ2v) is 4.56. The molecule has 0 aliphatic heterocycles. The minimum atomic E-state index is -1.37. The van der Waals surface area contributed by atoms with E-state index in [1.165, 1.54) is 24.3 Å². The Bertz CT molecular complexity index is 714. The predicted molar refractivity (Wildman–Crippen MR) is 77.4 cm³/mol. The summed E-state index contributed by atoms with van der Waals surface area (Å²) in [6, 6.07) is 9.18. The molecule has 20 heavy (non-hydrogen) atoms. The van der Waals surface area contributed by atoms with Crippen LogP contribution in [0.4, 0.5) is 5.69 Å². The minimum absolute atomic E-state index is 0.0604. The summed E-state index contributed by atoms with van der Waals surface area (Å²) in [6.45, 7) is 0. The van der Waals surface area contributed by atoms with Crippen molar-refractivity contribution in [2.75, 3.05) is 5.73 Å². The van der Waals surface area contributed by atoms with Crippen molar-refractivity contribution in [3.8, 4) is 16.9 Å². The zero-order valence-electron chi connectivity index (χ0n) is 10.2. The summed E-state index contributed by atoms with van der Waals surface area (Å²) in [5, 5.41) is 26.2. The maximum Gasteiger partial charge on any atom is 0.354 e. The summed E-state index contributed by atoms with van der Waals surface area (Å²) < 4.78 is 0. The number of carboxylic acids is 1. The van der Waals surface area contributed by atoms with Gasteiger partial charge < -0.3 is 15.9 Å². The van der Waals surface area contributed by atoms with Crippen LogP contribution in [0.1, 0.15) is 5.56 Å². The molecule has 0 unspecified atom stereocenters. The van der Waals surface area contributed by atoms with Gasteiger partial charge in [-0.25, -0.2) is 4.79 Å². The molecule has 0 aliphatic carbocycles. The molecule has 0 saturated carbocycles. The van der Waals surface area contributed by atoms with Crippen molar-refractivity contribution in [3.05, 3.63) is 47.0 Å². The molecule has 0 spiro atoms. The molecule has 6 heteroatoms. The van der Waals surface area contributed by atoms with Crippen LogP contribution in [-0.2, 0) is 4.79 Å². The molecule has 2 aromatic rings. The molecule has 0 amide bonds. The number of aliphatic carboxylic acids is 1. The van der Waals surface area contributed by atoms with Crippen molar-refractivity contribution >= 4 is 29.0 Å². The number of benzene rings is 2. The highest BCUT2D eigenvalue weighted by Crippen LogP contribution is 2.33. The summed E-state index contributed by atoms with van der Waals surface area (Å²) in [4.78, 5) is 10.9. The van der Waals surface area contributed by atoms with Crippen molar-refractivity contribution in [1.29, 1.82) is 5.41 Å². The van der Waals surface area contributed by atoms with Gasteiger partial charge in [0.25, 0.3) is 0 Å². The molecule has 2 aromatic carbocycles. The van der Waals surface area contributed by atoms with Crippen molar-refractivity contribution < 1.29 is 15.0 Å². The largest absolute Gasteiger partial charge is 0.508 e. The van der Waals surface area contributed by atoms with Crippen LogP contribution in [0.2, 0.25) is 5.02 Å². The van der Waals surface area contributed by atoms with E-state index in [0.717, 1.165) is 0 Å². The summed E-state index contributed by atoms with van der Waals surface area (Å²) >= 11 is 6.09. The highest BCUT2D eigenvalue weighted by molar-refractivity contribution is 6.43. The fourth-order valence-electron chi connectivity index (χ4n) is 1.82. The van der Waals surface area contributed by atoms with Gasteiger partial charge >= 0.3 is 5.97 Å². The summed E-state index contributed by atoms with van der Waals surface area (Å²) in [6.07, 6.45) is 0. The van der Waals surface area contributed by atoms with Crippen molar-refractivity contribution in [2.45, 2.75) is 0 Å². The van der Waals surface area contributed by atoms with Gasteiger partial charge in [-0.1, -0.05) is 23.7 Å². The maximum absolute atomic E-state index is 10.9. The zero-order valence-corrected chi connectivity index (χ0v) is 11.0. The molecule has 5 N–H and O–H groups in total. The Labute approximate surface area is 119 Å². The van der Waals surface area contributed by atoms with E-state index in [4.69, 9.17) is 27.9 Å².